The maximum Gasteiger partial charge on any atom is 0.220 e. The van der Waals surface area contributed by atoms with Crippen molar-refractivity contribution in [3.8, 4) is 0 Å². The topological polar surface area (TPSA) is 29.1 Å². The number of nitrogens with one attached hydrogen (secondary N) is 1. The summed E-state index contributed by atoms with van der Waals surface area (Å²) in [5.74, 6) is -0.249. The van der Waals surface area contributed by atoms with Crippen molar-refractivity contribution >= 4 is 5.91 Å². The average Bonchev–Trinajstić information content (AvgIpc) is 2.47. The van der Waals surface area contributed by atoms with Crippen LogP contribution < -0.4 is 5.32 Å². The summed E-state index contributed by atoms with van der Waals surface area (Å²) in [6.07, 6.45) is 1.02. The van der Waals surface area contributed by atoms with Crippen LogP contribution in [-0.2, 0) is 11.2 Å². The molecule has 104 valence electrons. The molecule has 2 aromatic carbocycles. The van der Waals surface area contributed by atoms with E-state index in [-0.39, 0.29) is 17.8 Å². The lowest BCUT2D eigenvalue weighted by Gasteiger charge is -2.14. The Hall–Kier alpha value is -2.16. The van der Waals surface area contributed by atoms with E-state index >= 15 is 0 Å². The molecule has 0 radical (unpaired) electrons. The first kappa shape index (κ1) is 14.3. The third-order valence-corrected chi connectivity index (χ3v) is 3.23. The van der Waals surface area contributed by atoms with E-state index in [1.165, 1.54) is 12.1 Å². The number of halogens is 1. The van der Waals surface area contributed by atoms with Gasteiger partial charge >= 0.3 is 0 Å². The molecule has 0 aliphatic rings. The Bertz CT molecular complexity index is 551. The highest BCUT2D eigenvalue weighted by Gasteiger charge is 2.09. The lowest BCUT2D eigenvalue weighted by molar-refractivity contribution is -0.121. The minimum absolute atomic E-state index is 0.00285. The van der Waals surface area contributed by atoms with Crippen LogP contribution in [0.25, 0.3) is 0 Å². The van der Waals surface area contributed by atoms with Crippen molar-refractivity contribution < 1.29 is 9.18 Å². The van der Waals surface area contributed by atoms with Crippen molar-refractivity contribution in [3.05, 3.63) is 71.5 Å². The summed E-state index contributed by atoms with van der Waals surface area (Å²) in [6.45, 7) is 1.96. The average molecular weight is 271 g/mol. The van der Waals surface area contributed by atoms with Gasteiger partial charge in [0.15, 0.2) is 0 Å². The van der Waals surface area contributed by atoms with E-state index in [0.29, 0.717) is 12.8 Å². The van der Waals surface area contributed by atoms with E-state index < -0.39 is 0 Å². The van der Waals surface area contributed by atoms with Gasteiger partial charge in [-0.2, -0.15) is 0 Å². The molecule has 2 nitrogen and oxygen atoms in total. The maximum atomic E-state index is 12.8. The molecule has 1 unspecified atom stereocenters. The number of carbonyl (C=O) groups excluding carboxylic acids is 1. The number of rotatable bonds is 5. The van der Waals surface area contributed by atoms with Gasteiger partial charge in [-0.05, 0) is 36.6 Å². The van der Waals surface area contributed by atoms with Crippen LogP contribution in [0.15, 0.2) is 54.6 Å². The first-order chi connectivity index (χ1) is 9.65. The molecule has 0 spiro atoms. The summed E-state index contributed by atoms with van der Waals surface area (Å²) in [5.41, 5.74) is 2.05. The molecule has 0 aliphatic carbocycles. The number of hydrogen-bond donors (Lipinski definition) is 1. The van der Waals surface area contributed by atoms with Gasteiger partial charge in [-0.15, -0.1) is 0 Å². The van der Waals surface area contributed by atoms with Gasteiger partial charge in [0.1, 0.15) is 5.82 Å². The zero-order valence-electron chi connectivity index (χ0n) is 11.5. The molecule has 1 atom stereocenters. The zero-order valence-corrected chi connectivity index (χ0v) is 11.5. The molecule has 1 N–H and O–H groups in total. The number of aryl methyl sites for hydroxylation is 1. The summed E-state index contributed by atoms with van der Waals surface area (Å²) >= 11 is 0. The zero-order chi connectivity index (χ0) is 14.4. The van der Waals surface area contributed by atoms with Gasteiger partial charge in [-0.25, -0.2) is 4.39 Å². The molecule has 0 saturated carbocycles. The van der Waals surface area contributed by atoms with Crippen LogP contribution in [0.4, 0.5) is 4.39 Å². The SMILES string of the molecule is CC(NC(=O)CCc1ccc(F)cc1)c1ccccc1. The fourth-order valence-electron chi connectivity index (χ4n) is 2.05. The summed E-state index contributed by atoms with van der Waals surface area (Å²) in [5, 5.41) is 2.96. The first-order valence-electron chi connectivity index (χ1n) is 6.74. The Balaban J connectivity index is 1.82. The third kappa shape index (κ3) is 4.19. The summed E-state index contributed by atoms with van der Waals surface area (Å²) in [4.78, 5) is 11.9. The first-order valence-corrected chi connectivity index (χ1v) is 6.74. The van der Waals surface area contributed by atoms with Gasteiger partial charge in [0, 0.05) is 6.42 Å². The number of benzene rings is 2. The highest BCUT2D eigenvalue weighted by Crippen LogP contribution is 2.12. The summed E-state index contributed by atoms with van der Waals surface area (Å²) in [6, 6.07) is 16.1. The molecule has 2 aromatic rings. The Morgan fingerprint density at radius 1 is 1.10 bits per heavy atom. The Kier molecular flexibility index (Phi) is 4.88. The molecule has 20 heavy (non-hydrogen) atoms. The fraction of sp³-hybridized carbons (Fsp3) is 0.235. The Morgan fingerprint density at radius 3 is 2.40 bits per heavy atom. The van der Waals surface area contributed by atoms with Gasteiger partial charge in [-0.3, -0.25) is 4.79 Å². The van der Waals surface area contributed by atoms with Crippen LogP contribution in [0.1, 0.15) is 30.5 Å². The van der Waals surface area contributed by atoms with Crippen molar-refractivity contribution in [1.29, 1.82) is 0 Å². The van der Waals surface area contributed by atoms with Crippen molar-refractivity contribution in [3.63, 3.8) is 0 Å². The lowest BCUT2D eigenvalue weighted by atomic mass is 10.1. The van der Waals surface area contributed by atoms with Gasteiger partial charge in [0.25, 0.3) is 0 Å². The molecule has 3 heteroatoms. The third-order valence-electron chi connectivity index (χ3n) is 3.23. The van der Waals surface area contributed by atoms with Crippen molar-refractivity contribution in [2.75, 3.05) is 0 Å². The minimum atomic E-state index is -0.254. The van der Waals surface area contributed by atoms with Crippen LogP contribution in [0.2, 0.25) is 0 Å². The largest absolute Gasteiger partial charge is 0.350 e. The second-order valence-corrected chi connectivity index (χ2v) is 4.83. The van der Waals surface area contributed by atoms with Crippen molar-refractivity contribution in [2.24, 2.45) is 0 Å². The molecule has 1 amide bonds. The molecular weight excluding hydrogens is 253 g/mol. The number of carbonyl (C=O) groups is 1. The number of hydrogen-bond acceptors (Lipinski definition) is 1. The van der Waals surface area contributed by atoms with E-state index in [1.807, 2.05) is 37.3 Å². The summed E-state index contributed by atoms with van der Waals surface area (Å²) < 4.78 is 12.8. The predicted molar refractivity (Wildman–Crippen MR) is 77.7 cm³/mol. The molecular formula is C17H18FNO. The van der Waals surface area contributed by atoms with Gasteiger partial charge in [0.2, 0.25) is 5.91 Å². The molecule has 0 bridgehead atoms. The minimum Gasteiger partial charge on any atom is -0.350 e. The highest BCUT2D eigenvalue weighted by molar-refractivity contribution is 5.76. The van der Waals surface area contributed by atoms with E-state index in [0.717, 1.165) is 11.1 Å². The molecule has 0 aromatic heterocycles. The van der Waals surface area contributed by atoms with Gasteiger partial charge in [-0.1, -0.05) is 42.5 Å². The van der Waals surface area contributed by atoms with E-state index in [2.05, 4.69) is 5.32 Å². The van der Waals surface area contributed by atoms with Gasteiger partial charge < -0.3 is 5.32 Å². The van der Waals surface area contributed by atoms with Crippen LogP contribution in [0.5, 0.6) is 0 Å². The van der Waals surface area contributed by atoms with E-state index in [4.69, 9.17) is 0 Å². The smallest absolute Gasteiger partial charge is 0.220 e. The van der Waals surface area contributed by atoms with Crippen LogP contribution in [-0.4, -0.2) is 5.91 Å². The van der Waals surface area contributed by atoms with Crippen LogP contribution in [0, 0.1) is 5.82 Å². The Morgan fingerprint density at radius 2 is 1.75 bits per heavy atom. The van der Waals surface area contributed by atoms with Crippen LogP contribution >= 0.6 is 0 Å². The molecule has 2 rings (SSSR count). The fourth-order valence-corrected chi connectivity index (χ4v) is 2.05. The normalized spacial score (nSPS) is 11.9. The molecule has 0 fully saturated rings. The predicted octanol–water partition coefficient (Wildman–Crippen LogP) is 3.64. The van der Waals surface area contributed by atoms with Crippen molar-refractivity contribution in [2.45, 2.75) is 25.8 Å². The van der Waals surface area contributed by atoms with E-state index in [1.54, 1.807) is 12.1 Å². The maximum absolute atomic E-state index is 12.8. The van der Waals surface area contributed by atoms with Crippen molar-refractivity contribution in [1.82, 2.24) is 5.32 Å². The molecule has 0 saturated heterocycles. The number of amides is 1. The highest BCUT2D eigenvalue weighted by atomic mass is 19.1. The summed E-state index contributed by atoms with van der Waals surface area (Å²) in [7, 11) is 0. The molecule has 0 heterocycles. The quantitative estimate of drug-likeness (QED) is 0.884. The van der Waals surface area contributed by atoms with Gasteiger partial charge in [0.05, 0.1) is 6.04 Å². The Labute approximate surface area is 118 Å². The monoisotopic (exact) mass is 271 g/mol. The van der Waals surface area contributed by atoms with Crippen LogP contribution in [0.3, 0.4) is 0 Å². The second kappa shape index (κ2) is 6.85. The lowest BCUT2D eigenvalue weighted by Crippen LogP contribution is -2.26. The van der Waals surface area contributed by atoms with E-state index in [9.17, 15) is 9.18 Å². The standard InChI is InChI=1S/C17H18FNO/c1-13(15-5-3-2-4-6-15)19-17(20)12-9-14-7-10-16(18)11-8-14/h2-8,10-11,13H,9,12H2,1H3,(H,19,20). The molecule has 0 aliphatic heterocycles. The second-order valence-electron chi connectivity index (χ2n) is 4.83.